The van der Waals surface area contributed by atoms with E-state index in [1.807, 2.05) is 0 Å². The van der Waals surface area contributed by atoms with Gasteiger partial charge in [0, 0.05) is 38.3 Å². The van der Waals surface area contributed by atoms with Crippen molar-refractivity contribution >= 4 is 11.7 Å². The van der Waals surface area contributed by atoms with E-state index in [2.05, 4.69) is 48.0 Å². The van der Waals surface area contributed by atoms with Gasteiger partial charge in [0.2, 0.25) is 0 Å². The van der Waals surface area contributed by atoms with Gasteiger partial charge in [-0.2, -0.15) is 0 Å². The van der Waals surface area contributed by atoms with Crippen LogP contribution >= 0.6 is 0 Å². The maximum Gasteiger partial charge on any atom is 0.303 e. The Kier molecular flexibility index (Phi) is 5.62. The number of para-hydroxylation sites is 1. The van der Waals surface area contributed by atoms with Gasteiger partial charge in [-0.15, -0.1) is 0 Å². The maximum absolute atomic E-state index is 10.6. The van der Waals surface area contributed by atoms with Crippen LogP contribution in [-0.4, -0.2) is 42.2 Å². The summed E-state index contributed by atoms with van der Waals surface area (Å²) in [6.45, 7) is 5.21. The van der Waals surface area contributed by atoms with Crippen molar-refractivity contribution in [3.8, 4) is 0 Å². The third-order valence-electron chi connectivity index (χ3n) is 4.33. The molecule has 1 aliphatic rings. The van der Waals surface area contributed by atoms with E-state index in [0.29, 0.717) is 6.04 Å². The zero-order chi connectivity index (χ0) is 15.2. The van der Waals surface area contributed by atoms with Gasteiger partial charge in [-0.3, -0.25) is 9.69 Å². The molecule has 1 atom stereocenters. The summed E-state index contributed by atoms with van der Waals surface area (Å²) in [7, 11) is 2.16. The summed E-state index contributed by atoms with van der Waals surface area (Å²) in [4.78, 5) is 15.5. The zero-order valence-corrected chi connectivity index (χ0v) is 13.1. The fraction of sp³-hybridized carbons (Fsp3) is 0.588. The second-order valence-electron chi connectivity index (χ2n) is 5.89. The van der Waals surface area contributed by atoms with Crippen molar-refractivity contribution in [3.05, 3.63) is 29.8 Å². The van der Waals surface area contributed by atoms with E-state index < -0.39 is 5.97 Å². The lowest BCUT2D eigenvalue weighted by molar-refractivity contribution is -0.137. The third-order valence-corrected chi connectivity index (χ3v) is 4.33. The van der Waals surface area contributed by atoms with Gasteiger partial charge in [-0.1, -0.05) is 25.1 Å². The van der Waals surface area contributed by atoms with Crippen LogP contribution in [0.25, 0.3) is 0 Å². The van der Waals surface area contributed by atoms with Crippen LogP contribution < -0.4 is 4.90 Å². The molecule has 0 saturated heterocycles. The van der Waals surface area contributed by atoms with Gasteiger partial charge < -0.3 is 10.0 Å². The smallest absolute Gasteiger partial charge is 0.303 e. The molecular weight excluding hydrogens is 264 g/mol. The molecule has 1 N–H and O–H groups in total. The van der Waals surface area contributed by atoms with Gasteiger partial charge in [0.05, 0.1) is 0 Å². The lowest BCUT2D eigenvalue weighted by atomic mass is 10.1. The minimum Gasteiger partial charge on any atom is -0.481 e. The molecule has 0 saturated carbocycles. The topological polar surface area (TPSA) is 43.8 Å². The molecule has 1 aliphatic heterocycles. The highest BCUT2D eigenvalue weighted by atomic mass is 16.4. The molecule has 4 heteroatoms. The number of carboxylic acids is 1. The van der Waals surface area contributed by atoms with Crippen molar-refractivity contribution in [2.45, 2.75) is 45.2 Å². The Morgan fingerprint density at radius 3 is 2.81 bits per heavy atom. The number of rotatable bonds is 6. The Balaban J connectivity index is 2.03. The number of carbonyl (C=O) groups is 1. The Morgan fingerprint density at radius 2 is 2.10 bits per heavy atom. The number of carboxylic acid groups (broad SMARTS) is 1. The number of anilines is 1. The Morgan fingerprint density at radius 1 is 1.33 bits per heavy atom. The molecule has 0 radical (unpaired) electrons. The fourth-order valence-corrected chi connectivity index (χ4v) is 3.13. The summed E-state index contributed by atoms with van der Waals surface area (Å²) in [5.74, 6) is -0.692. The van der Waals surface area contributed by atoms with Crippen LogP contribution in [0.5, 0.6) is 0 Å². The van der Waals surface area contributed by atoms with Crippen LogP contribution in [0.4, 0.5) is 5.69 Å². The summed E-state index contributed by atoms with van der Waals surface area (Å²) in [5, 5.41) is 8.74. The average Bonchev–Trinajstić information content (AvgIpc) is 2.60. The molecule has 1 aromatic rings. The van der Waals surface area contributed by atoms with Crippen molar-refractivity contribution in [1.29, 1.82) is 0 Å². The lowest BCUT2D eigenvalue weighted by Crippen LogP contribution is -2.40. The summed E-state index contributed by atoms with van der Waals surface area (Å²) in [6.07, 6.45) is 3.12. The Bertz CT molecular complexity index is 476. The Labute approximate surface area is 127 Å². The van der Waals surface area contributed by atoms with Crippen LogP contribution in [0.3, 0.4) is 0 Å². The van der Waals surface area contributed by atoms with Crippen LogP contribution in [-0.2, 0) is 11.3 Å². The SMILES string of the molecule is CCC1CN(C)c2ccccc2CN1CCCCC(=O)O. The number of aliphatic carboxylic acids is 1. The van der Waals surface area contributed by atoms with Gasteiger partial charge in [-0.05, 0) is 37.4 Å². The van der Waals surface area contributed by atoms with Crippen LogP contribution in [0.1, 0.15) is 38.2 Å². The van der Waals surface area contributed by atoms with E-state index in [-0.39, 0.29) is 6.42 Å². The first-order valence-electron chi connectivity index (χ1n) is 7.86. The molecule has 0 aliphatic carbocycles. The standard InChI is InChI=1S/C17H26N2O2/c1-3-15-13-18(2)16-9-5-4-8-14(16)12-19(15)11-7-6-10-17(20)21/h4-5,8-9,15H,3,6-7,10-13H2,1-2H3,(H,20,21). The lowest BCUT2D eigenvalue weighted by Gasteiger charge is -2.30. The number of unbranched alkanes of at least 4 members (excludes halogenated alkanes) is 1. The van der Waals surface area contributed by atoms with E-state index in [4.69, 9.17) is 5.11 Å². The predicted octanol–water partition coefficient (Wildman–Crippen LogP) is 2.97. The van der Waals surface area contributed by atoms with Crippen molar-refractivity contribution in [3.63, 3.8) is 0 Å². The molecule has 1 heterocycles. The molecule has 116 valence electrons. The quantitative estimate of drug-likeness (QED) is 0.818. The summed E-state index contributed by atoms with van der Waals surface area (Å²) in [5.41, 5.74) is 2.69. The third kappa shape index (κ3) is 4.21. The highest BCUT2D eigenvalue weighted by Crippen LogP contribution is 2.27. The molecule has 0 aromatic heterocycles. The minimum atomic E-state index is -0.692. The van der Waals surface area contributed by atoms with Crippen LogP contribution in [0, 0.1) is 0 Å². The summed E-state index contributed by atoms with van der Waals surface area (Å²) >= 11 is 0. The van der Waals surface area contributed by atoms with Crippen molar-refractivity contribution < 1.29 is 9.90 Å². The van der Waals surface area contributed by atoms with Crippen LogP contribution in [0.2, 0.25) is 0 Å². The van der Waals surface area contributed by atoms with E-state index in [9.17, 15) is 4.79 Å². The predicted molar refractivity (Wildman–Crippen MR) is 85.7 cm³/mol. The van der Waals surface area contributed by atoms with Crippen molar-refractivity contribution in [2.24, 2.45) is 0 Å². The normalized spacial score (nSPS) is 19.1. The number of hydrogen-bond acceptors (Lipinski definition) is 3. The van der Waals surface area contributed by atoms with E-state index >= 15 is 0 Å². The first kappa shape index (κ1) is 15.8. The average molecular weight is 290 g/mol. The van der Waals surface area contributed by atoms with E-state index in [1.54, 1.807) is 0 Å². The highest BCUT2D eigenvalue weighted by molar-refractivity contribution is 5.66. The van der Waals surface area contributed by atoms with E-state index in [0.717, 1.165) is 38.9 Å². The highest BCUT2D eigenvalue weighted by Gasteiger charge is 2.24. The van der Waals surface area contributed by atoms with Gasteiger partial charge in [0.25, 0.3) is 0 Å². The first-order valence-corrected chi connectivity index (χ1v) is 7.86. The monoisotopic (exact) mass is 290 g/mol. The molecule has 21 heavy (non-hydrogen) atoms. The van der Waals surface area contributed by atoms with Gasteiger partial charge in [0.15, 0.2) is 0 Å². The van der Waals surface area contributed by atoms with Gasteiger partial charge in [-0.25, -0.2) is 0 Å². The molecule has 0 fully saturated rings. The van der Waals surface area contributed by atoms with Gasteiger partial charge >= 0.3 is 5.97 Å². The summed E-state index contributed by atoms with van der Waals surface area (Å²) in [6, 6.07) is 9.12. The van der Waals surface area contributed by atoms with Crippen LogP contribution in [0.15, 0.2) is 24.3 Å². The number of hydrogen-bond donors (Lipinski definition) is 1. The number of fused-ring (bicyclic) bond motifs is 1. The van der Waals surface area contributed by atoms with E-state index in [1.165, 1.54) is 11.3 Å². The summed E-state index contributed by atoms with van der Waals surface area (Å²) < 4.78 is 0. The maximum atomic E-state index is 10.6. The fourth-order valence-electron chi connectivity index (χ4n) is 3.13. The molecule has 0 spiro atoms. The van der Waals surface area contributed by atoms with Gasteiger partial charge in [0.1, 0.15) is 0 Å². The minimum absolute atomic E-state index is 0.279. The van der Waals surface area contributed by atoms with Crippen molar-refractivity contribution in [1.82, 2.24) is 4.90 Å². The van der Waals surface area contributed by atoms with Crippen molar-refractivity contribution in [2.75, 3.05) is 25.0 Å². The second kappa shape index (κ2) is 7.46. The molecule has 0 bridgehead atoms. The molecular formula is C17H26N2O2. The zero-order valence-electron chi connectivity index (χ0n) is 13.1. The molecule has 1 aromatic carbocycles. The molecule has 4 nitrogen and oxygen atoms in total. The number of likely N-dealkylation sites (N-methyl/N-ethyl adjacent to an activating group) is 1. The molecule has 0 amide bonds. The first-order chi connectivity index (χ1) is 10.1. The molecule has 1 unspecified atom stereocenters. The number of nitrogens with zero attached hydrogens (tertiary/aromatic N) is 2. The largest absolute Gasteiger partial charge is 0.481 e. The second-order valence-corrected chi connectivity index (χ2v) is 5.89. The Hall–Kier alpha value is -1.55. The molecule has 2 rings (SSSR count). The number of benzene rings is 1.